The van der Waals surface area contributed by atoms with Gasteiger partial charge in [-0.2, -0.15) is 4.73 Å². The molecular weight excluding hydrogens is 130 g/mol. The summed E-state index contributed by atoms with van der Waals surface area (Å²) in [6.07, 6.45) is 1.44. The minimum atomic E-state index is 0.588. The number of rotatable bonds is 1. The zero-order chi connectivity index (χ0) is 7.56. The third kappa shape index (κ3) is 1.03. The van der Waals surface area contributed by atoms with Gasteiger partial charge in [-0.25, -0.2) is 0 Å². The lowest BCUT2D eigenvalue weighted by molar-refractivity contribution is -0.612. The third-order valence-electron chi connectivity index (χ3n) is 1.38. The summed E-state index contributed by atoms with van der Waals surface area (Å²) in [7, 11) is 1.54. The number of nitrogens with zero attached hydrogens (tertiary/aromatic N) is 1. The van der Waals surface area contributed by atoms with Crippen molar-refractivity contribution in [2.24, 2.45) is 0 Å². The lowest BCUT2D eigenvalue weighted by Gasteiger charge is -2.03. The molecular formula is C7H9NO2. The summed E-state index contributed by atoms with van der Waals surface area (Å²) in [5, 5.41) is 10.8. The predicted octanol–water partition coefficient (Wildman–Crippen LogP) is 0.637. The molecule has 3 heteroatoms. The molecule has 0 amide bonds. The molecule has 0 aliphatic heterocycles. The first-order valence-corrected chi connectivity index (χ1v) is 2.98. The van der Waals surface area contributed by atoms with Crippen LogP contribution >= 0.6 is 0 Å². The van der Waals surface area contributed by atoms with Crippen LogP contribution in [0.15, 0.2) is 18.3 Å². The fraction of sp³-hybridized carbons (Fsp3) is 0.286. The first-order chi connectivity index (χ1) is 4.75. The van der Waals surface area contributed by atoms with Crippen molar-refractivity contribution in [1.29, 1.82) is 0 Å². The Balaban J connectivity index is 3.14. The van der Waals surface area contributed by atoms with E-state index in [4.69, 9.17) is 4.74 Å². The molecule has 0 aliphatic carbocycles. The van der Waals surface area contributed by atoms with Gasteiger partial charge in [0.1, 0.15) is 0 Å². The molecule has 0 aliphatic rings. The van der Waals surface area contributed by atoms with Crippen molar-refractivity contribution in [3.63, 3.8) is 0 Å². The molecule has 0 N–H and O–H groups in total. The molecule has 0 aromatic carbocycles. The topological polar surface area (TPSA) is 36.2 Å². The van der Waals surface area contributed by atoms with Gasteiger partial charge in [0.2, 0.25) is 5.69 Å². The molecule has 10 heavy (non-hydrogen) atoms. The van der Waals surface area contributed by atoms with E-state index in [1.807, 2.05) is 0 Å². The summed E-state index contributed by atoms with van der Waals surface area (Å²) < 4.78 is 5.68. The predicted molar refractivity (Wildman–Crippen MR) is 36.7 cm³/mol. The van der Waals surface area contributed by atoms with Gasteiger partial charge in [-0.1, -0.05) is 0 Å². The summed E-state index contributed by atoms with van der Waals surface area (Å²) in [5.74, 6) is 0.623. The monoisotopic (exact) mass is 139 g/mol. The molecule has 54 valence electrons. The van der Waals surface area contributed by atoms with Crippen molar-refractivity contribution < 1.29 is 9.47 Å². The normalized spacial score (nSPS) is 9.40. The lowest BCUT2D eigenvalue weighted by Crippen LogP contribution is -2.29. The minimum Gasteiger partial charge on any atom is -0.618 e. The zero-order valence-corrected chi connectivity index (χ0v) is 6.00. The average molecular weight is 139 g/mol. The molecule has 0 radical (unpaired) electrons. The van der Waals surface area contributed by atoms with Crippen molar-refractivity contribution in [2.45, 2.75) is 6.92 Å². The van der Waals surface area contributed by atoms with Gasteiger partial charge in [0.15, 0.2) is 11.9 Å². The summed E-state index contributed by atoms with van der Waals surface area (Å²) in [6.45, 7) is 1.71. The molecule has 0 spiro atoms. The molecule has 1 aromatic heterocycles. The Morgan fingerprint density at radius 1 is 1.60 bits per heavy atom. The van der Waals surface area contributed by atoms with Gasteiger partial charge < -0.3 is 9.94 Å². The van der Waals surface area contributed by atoms with E-state index in [9.17, 15) is 5.21 Å². The molecule has 0 saturated carbocycles. The van der Waals surface area contributed by atoms with E-state index in [-0.39, 0.29) is 0 Å². The Kier molecular flexibility index (Phi) is 1.76. The van der Waals surface area contributed by atoms with Crippen LogP contribution in [-0.4, -0.2) is 7.11 Å². The number of hydrogen-bond acceptors (Lipinski definition) is 2. The first kappa shape index (κ1) is 6.86. The number of methoxy groups -OCH3 is 1. The maximum atomic E-state index is 10.8. The van der Waals surface area contributed by atoms with Gasteiger partial charge in [-0.05, 0) is 6.07 Å². The fourth-order valence-electron chi connectivity index (χ4n) is 0.765. The smallest absolute Gasteiger partial charge is 0.231 e. The Bertz CT molecular complexity index is 235. The van der Waals surface area contributed by atoms with E-state index in [0.29, 0.717) is 11.4 Å². The summed E-state index contributed by atoms with van der Waals surface area (Å²) >= 11 is 0. The number of ether oxygens (including phenoxy) is 1. The van der Waals surface area contributed by atoms with Crippen molar-refractivity contribution in [1.82, 2.24) is 0 Å². The second-order valence-electron chi connectivity index (χ2n) is 1.99. The molecule has 0 bridgehead atoms. The minimum absolute atomic E-state index is 0.588. The van der Waals surface area contributed by atoms with Crippen LogP contribution in [0.5, 0.6) is 5.75 Å². The van der Waals surface area contributed by atoms with Gasteiger partial charge in [-0.15, -0.1) is 0 Å². The maximum absolute atomic E-state index is 10.8. The van der Waals surface area contributed by atoms with Crippen molar-refractivity contribution in [3.8, 4) is 5.75 Å². The summed E-state index contributed by atoms with van der Waals surface area (Å²) in [4.78, 5) is 0. The number of aromatic nitrogens is 1. The van der Waals surface area contributed by atoms with Crippen LogP contribution in [0.3, 0.4) is 0 Å². The van der Waals surface area contributed by atoms with E-state index < -0.39 is 0 Å². The van der Waals surface area contributed by atoms with Gasteiger partial charge in [0, 0.05) is 13.0 Å². The SMILES string of the molecule is COc1ccc[n+]([O-])c1C. The molecule has 0 atom stereocenters. The third-order valence-corrected chi connectivity index (χ3v) is 1.38. The summed E-state index contributed by atoms with van der Waals surface area (Å²) in [5.41, 5.74) is 0.588. The van der Waals surface area contributed by atoms with Crippen molar-refractivity contribution in [2.75, 3.05) is 7.11 Å². The van der Waals surface area contributed by atoms with Gasteiger partial charge >= 0.3 is 0 Å². The van der Waals surface area contributed by atoms with E-state index >= 15 is 0 Å². The second kappa shape index (κ2) is 2.56. The molecule has 3 nitrogen and oxygen atoms in total. The molecule has 1 rings (SSSR count). The Morgan fingerprint density at radius 2 is 2.30 bits per heavy atom. The Morgan fingerprint density at radius 3 is 2.80 bits per heavy atom. The highest BCUT2D eigenvalue weighted by molar-refractivity contribution is 5.21. The number of pyridine rings is 1. The van der Waals surface area contributed by atoms with Crippen LogP contribution in [0.2, 0.25) is 0 Å². The average Bonchev–Trinajstić information content (AvgIpc) is 1.95. The molecule has 1 heterocycles. The van der Waals surface area contributed by atoms with E-state index in [0.717, 1.165) is 4.73 Å². The van der Waals surface area contributed by atoms with Crippen LogP contribution in [-0.2, 0) is 0 Å². The van der Waals surface area contributed by atoms with Crippen LogP contribution in [0, 0.1) is 12.1 Å². The van der Waals surface area contributed by atoms with Crippen molar-refractivity contribution >= 4 is 0 Å². The second-order valence-corrected chi connectivity index (χ2v) is 1.99. The Labute approximate surface area is 59.5 Å². The summed E-state index contributed by atoms with van der Waals surface area (Å²) in [6, 6.07) is 3.41. The highest BCUT2D eigenvalue weighted by atomic mass is 16.5. The lowest BCUT2D eigenvalue weighted by atomic mass is 10.3. The van der Waals surface area contributed by atoms with Gasteiger partial charge in [0.25, 0.3) is 0 Å². The van der Waals surface area contributed by atoms with Crippen LogP contribution in [0.4, 0.5) is 0 Å². The molecule has 1 aromatic rings. The van der Waals surface area contributed by atoms with Gasteiger partial charge in [0.05, 0.1) is 7.11 Å². The molecule has 0 unspecified atom stereocenters. The van der Waals surface area contributed by atoms with Crippen LogP contribution in [0.1, 0.15) is 5.69 Å². The molecule has 0 fully saturated rings. The van der Waals surface area contributed by atoms with Crippen molar-refractivity contribution in [3.05, 3.63) is 29.2 Å². The largest absolute Gasteiger partial charge is 0.618 e. The maximum Gasteiger partial charge on any atom is 0.231 e. The fourth-order valence-corrected chi connectivity index (χ4v) is 0.765. The molecule has 0 saturated heterocycles. The standard InChI is InChI=1S/C7H9NO2/c1-6-7(10-2)4-3-5-8(6)9/h3-5H,1-2H3. The van der Waals surface area contributed by atoms with Gasteiger partial charge in [-0.3, -0.25) is 0 Å². The Hall–Kier alpha value is -1.25. The number of hydrogen-bond donors (Lipinski definition) is 0. The first-order valence-electron chi connectivity index (χ1n) is 2.98. The zero-order valence-electron chi connectivity index (χ0n) is 6.00. The highest BCUT2D eigenvalue weighted by Gasteiger charge is 2.03. The highest BCUT2D eigenvalue weighted by Crippen LogP contribution is 2.10. The van der Waals surface area contributed by atoms with E-state index in [2.05, 4.69) is 0 Å². The van der Waals surface area contributed by atoms with E-state index in [1.54, 1.807) is 26.2 Å². The van der Waals surface area contributed by atoms with E-state index in [1.165, 1.54) is 6.20 Å². The van der Waals surface area contributed by atoms with Crippen LogP contribution < -0.4 is 9.47 Å². The van der Waals surface area contributed by atoms with Crippen LogP contribution in [0.25, 0.3) is 0 Å². The quantitative estimate of drug-likeness (QED) is 0.422.